The summed E-state index contributed by atoms with van der Waals surface area (Å²) in [4.78, 5) is 11.2. The second kappa shape index (κ2) is 3.50. The molecule has 0 saturated heterocycles. The Hall–Kier alpha value is -1.52. The van der Waals surface area contributed by atoms with Gasteiger partial charge in [0.15, 0.2) is 0 Å². The smallest absolute Gasteiger partial charge is 0.416 e. The maximum Gasteiger partial charge on any atom is 0.416 e. The number of aromatic hydroxyl groups is 1. The van der Waals surface area contributed by atoms with Crippen molar-refractivity contribution in [2.75, 3.05) is 0 Å². The van der Waals surface area contributed by atoms with Crippen molar-refractivity contribution < 1.29 is 23.1 Å². The summed E-state index contributed by atoms with van der Waals surface area (Å²) in [6.07, 6.45) is -4.20. The molecule has 1 aromatic carbocycles. The van der Waals surface area contributed by atoms with Gasteiger partial charge in [-0.1, -0.05) is 0 Å². The van der Waals surface area contributed by atoms with Crippen LogP contribution in [0.1, 0.15) is 23.1 Å². The molecule has 0 saturated carbocycles. The largest absolute Gasteiger partial charge is 0.508 e. The predicted molar refractivity (Wildman–Crippen MR) is 50.1 cm³/mol. The number of phenolic OH excluding ortho intramolecular Hbond substituents is 1. The number of carbonyl (C=O) groups is 1. The van der Waals surface area contributed by atoms with Gasteiger partial charge in [0.1, 0.15) is 11.5 Å². The molecule has 0 aromatic heterocycles. The van der Waals surface area contributed by atoms with Gasteiger partial charge in [-0.2, -0.15) is 13.2 Å². The molecule has 0 spiro atoms. The molecule has 0 fully saturated rings. The molecule has 0 radical (unpaired) electrons. The van der Waals surface area contributed by atoms with Crippen molar-refractivity contribution >= 4 is 5.78 Å². The quantitative estimate of drug-likeness (QED) is 0.743. The van der Waals surface area contributed by atoms with Gasteiger partial charge in [0.25, 0.3) is 0 Å². The van der Waals surface area contributed by atoms with Crippen molar-refractivity contribution in [3.8, 4) is 5.75 Å². The zero-order chi connectivity index (χ0) is 11.9. The van der Waals surface area contributed by atoms with Crippen molar-refractivity contribution in [2.45, 2.75) is 25.4 Å². The first-order chi connectivity index (χ1) is 7.38. The highest BCUT2D eigenvalue weighted by Gasteiger charge is 2.36. The van der Waals surface area contributed by atoms with Crippen LogP contribution in [-0.4, -0.2) is 10.9 Å². The fourth-order valence-electron chi connectivity index (χ4n) is 1.96. The van der Waals surface area contributed by atoms with Crippen molar-refractivity contribution in [1.29, 1.82) is 0 Å². The molecule has 16 heavy (non-hydrogen) atoms. The summed E-state index contributed by atoms with van der Waals surface area (Å²) in [7, 11) is 0. The lowest BCUT2D eigenvalue weighted by molar-refractivity contribution is -0.138. The van der Waals surface area contributed by atoms with E-state index in [1.165, 1.54) is 6.07 Å². The number of fused-ring (bicyclic) bond motifs is 1. The van der Waals surface area contributed by atoms with Gasteiger partial charge < -0.3 is 5.11 Å². The molecule has 2 nitrogen and oxygen atoms in total. The van der Waals surface area contributed by atoms with Crippen LogP contribution in [0.4, 0.5) is 13.2 Å². The topological polar surface area (TPSA) is 37.3 Å². The van der Waals surface area contributed by atoms with Crippen molar-refractivity contribution in [3.05, 3.63) is 28.8 Å². The van der Waals surface area contributed by atoms with Crippen molar-refractivity contribution in [3.63, 3.8) is 0 Å². The average molecular weight is 230 g/mol. The predicted octanol–water partition coefficient (Wildman–Crippen LogP) is 2.47. The van der Waals surface area contributed by atoms with E-state index in [1.807, 2.05) is 0 Å². The van der Waals surface area contributed by atoms with Crippen LogP contribution in [0.2, 0.25) is 0 Å². The highest BCUT2D eigenvalue weighted by molar-refractivity contribution is 5.83. The maximum atomic E-state index is 12.7. The number of alkyl halides is 3. The zero-order valence-corrected chi connectivity index (χ0v) is 8.27. The van der Waals surface area contributed by atoms with E-state index < -0.39 is 17.5 Å². The summed E-state index contributed by atoms with van der Waals surface area (Å²) < 4.78 is 38.0. The average Bonchev–Trinajstić information content (AvgIpc) is 2.16. The summed E-state index contributed by atoms with van der Waals surface area (Å²) in [6.45, 7) is 0. The van der Waals surface area contributed by atoms with E-state index in [0.29, 0.717) is 11.6 Å². The van der Waals surface area contributed by atoms with Crippen LogP contribution >= 0.6 is 0 Å². The van der Waals surface area contributed by atoms with Crippen molar-refractivity contribution in [1.82, 2.24) is 0 Å². The van der Waals surface area contributed by atoms with E-state index in [2.05, 4.69) is 0 Å². The number of hydrogen-bond donors (Lipinski definition) is 1. The Balaban J connectivity index is 2.60. The third-order valence-electron chi connectivity index (χ3n) is 2.68. The van der Waals surface area contributed by atoms with Gasteiger partial charge in [0.2, 0.25) is 0 Å². The summed E-state index contributed by atoms with van der Waals surface area (Å²) in [5.74, 6) is -0.593. The van der Waals surface area contributed by atoms with E-state index in [-0.39, 0.29) is 30.6 Å². The molecule has 5 heteroatoms. The van der Waals surface area contributed by atoms with Gasteiger partial charge in [0, 0.05) is 12.8 Å². The van der Waals surface area contributed by atoms with Crippen LogP contribution in [0, 0.1) is 0 Å². The van der Waals surface area contributed by atoms with Gasteiger partial charge in [0.05, 0.1) is 5.56 Å². The van der Waals surface area contributed by atoms with E-state index in [0.717, 1.165) is 0 Å². The lowest BCUT2D eigenvalue weighted by Gasteiger charge is -2.20. The monoisotopic (exact) mass is 230 g/mol. The second-order valence-electron chi connectivity index (χ2n) is 3.84. The molecule has 1 aliphatic rings. The number of hydrogen-bond acceptors (Lipinski definition) is 2. The van der Waals surface area contributed by atoms with Gasteiger partial charge in [-0.25, -0.2) is 0 Å². The van der Waals surface area contributed by atoms with E-state index in [9.17, 15) is 23.1 Å². The molecule has 0 heterocycles. The molecular formula is C11H9F3O2. The van der Waals surface area contributed by atoms with Gasteiger partial charge >= 0.3 is 6.18 Å². The Bertz CT molecular complexity index is 449. The molecule has 1 aliphatic carbocycles. The molecular weight excluding hydrogens is 221 g/mol. The summed E-state index contributed by atoms with van der Waals surface area (Å²) in [5, 5.41) is 9.21. The molecule has 0 amide bonds. The first-order valence-corrected chi connectivity index (χ1v) is 4.81. The summed E-state index contributed by atoms with van der Waals surface area (Å²) in [5.41, 5.74) is -0.455. The van der Waals surface area contributed by atoms with Gasteiger partial charge in [-0.3, -0.25) is 4.79 Å². The fourth-order valence-corrected chi connectivity index (χ4v) is 1.96. The number of benzene rings is 1. The normalized spacial score (nSPS) is 16.1. The number of Topliss-reactive ketones (excluding diaryl/α,β-unsaturated/α-hetero) is 1. The number of ketones is 1. The Kier molecular flexibility index (Phi) is 2.40. The SMILES string of the molecule is O=C1CCc2cc(O)cc(C(F)(F)F)c2C1. The number of aryl methyl sites for hydroxylation is 1. The molecule has 0 atom stereocenters. The summed E-state index contributed by atoms with van der Waals surface area (Å²) in [6, 6.07) is 1.98. The number of carbonyl (C=O) groups excluding carboxylic acids is 1. The van der Waals surface area contributed by atoms with Crippen LogP contribution in [0.3, 0.4) is 0 Å². The zero-order valence-electron chi connectivity index (χ0n) is 8.27. The van der Waals surface area contributed by atoms with Crippen LogP contribution in [0.25, 0.3) is 0 Å². The maximum absolute atomic E-state index is 12.7. The van der Waals surface area contributed by atoms with Crippen LogP contribution < -0.4 is 0 Å². The lowest BCUT2D eigenvalue weighted by Crippen LogP contribution is -2.19. The lowest BCUT2D eigenvalue weighted by atomic mass is 9.87. The Morgan fingerprint density at radius 2 is 1.88 bits per heavy atom. The fraction of sp³-hybridized carbons (Fsp3) is 0.364. The number of phenols is 1. The summed E-state index contributed by atoms with van der Waals surface area (Å²) >= 11 is 0. The van der Waals surface area contributed by atoms with Gasteiger partial charge in [-0.15, -0.1) is 0 Å². The van der Waals surface area contributed by atoms with Gasteiger partial charge in [-0.05, 0) is 29.7 Å². The molecule has 1 aromatic rings. The van der Waals surface area contributed by atoms with Crippen LogP contribution in [0.5, 0.6) is 5.75 Å². The van der Waals surface area contributed by atoms with E-state index >= 15 is 0 Å². The first-order valence-electron chi connectivity index (χ1n) is 4.81. The molecule has 0 unspecified atom stereocenters. The highest BCUT2D eigenvalue weighted by Crippen LogP contribution is 2.38. The van der Waals surface area contributed by atoms with E-state index in [1.54, 1.807) is 0 Å². The minimum absolute atomic E-state index is 0.0153. The molecule has 0 bridgehead atoms. The first kappa shape index (κ1) is 11.0. The Morgan fingerprint density at radius 1 is 1.19 bits per heavy atom. The van der Waals surface area contributed by atoms with Crippen LogP contribution in [0.15, 0.2) is 12.1 Å². The van der Waals surface area contributed by atoms with Crippen LogP contribution in [-0.2, 0) is 23.8 Å². The number of halogens is 3. The third-order valence-corrected chi connectivity index (χ3v) is 2.68. The minimum atomic E-state index is -4.53. The van der Waals surface area contributed by atoms with Crippen molar-refractivity contribution in [2.24, 2.45) is 0 Å². The number of rotatable bonds is 0. The molecule has 1 N–H and O–H groups in total. The standard InChI is InChI=1S/C11H9F3O2/c12-11(13,14)10-5-8(16)3-6-1-2-7(15)4-9(6)10/h3,5,16H,1-2,4H2. The third kappa shape index (κ3) is 1.89. The van der Waals surface area contributed by atoms with E-state index in [4.69, 9.17) is 0 Å². The Labute approximate surface area is 89.7 Å². The second-order valence-corrected chi connectivity index (χ2v) is 3.84. The Morgan fingerprint density at radius 3 is 2.50 bits per heavy atom. The molecule has 2 rings (SSSR count). The highest BCUT2D eigenvalue weighted by atomic mass is 19.4. The molecule has 86 valence electrons. The minimum Gasteiger partial charge on any atom is -0.508 e. The molecule has 0 aliphatic heterocycles.